The van der Waals surface area contributed by atoms with E-state index in [-0.39, 0.29) is 5.91 Å². The first-order valence-corrected chi connectivity index (χ1v) is 7.33. The van der Waals surface area contributed by atoms with Gasteiger partial charge in [0, 0.05) is 8.04 Å². The molecule has 0 aliphatic carbocycles. The van der Waals surface area contributed by atoms with Crippen LogP contribution in [0.2, 0.25) is 0 Å². The number of nitrogens with one attached hydrogen (secondary N) is 1. The lowest BCUT2D eigenvalue weighted by Gasteiger charge is -2.09. The van der Waals surface area contributed by atoms with Crippen LogP contribution in [0.4, 0.5) is 11.5 Å². The van der Waals surface area contributed by atoms with E-state index in [1.165, 1.54) is 6.20 Å². The molecule has 0 fully saturated rings. The highest BCUT2D eigenvalue weighted by Gasteiger charge is 2.12. The van der Waals surface area contributed by atoms with E-state index in [1.807, 2.05) is 25.1 Å². The molecule has 0 aliphatic rings. The van der Waals surface area contributed by atoms with Crippen molar-refractivity contribution < 1.29 is 4.79 Å². The van der Waals surface area contributed by atoms with Crippen LogP contribution in [0.5, 0.6) is 0 Å². The van der Waals surface area contributed by atoms with E-state index in [2.05, 4.69) is 48.8 Å². The third-order valence-corrected chi connectivity index (χ3v) is 3.87. The predicted molar refractivity (Wildman–Crippen MR) is 88.2 cm³/mol. The van der Waals surface area contributed by atoms with Crippen LogP contribution in [0.3, 0.4) is 0 Å². The standard InChI is InChI=1S/C13H11BrIN3O/c1-7-4-9(16)6-17-12(7)18-13(19)10-5-8(15)2-3-11(10)14/h2-6H,16H2,1H3,(H,17,18,19). The molecule has 4 nitrogen and oxygen atoms in total. The first kappa shape index (κ1) is 14.3. The number of anilines is 2. The van der Waals surface area contributed by atoms with E-state index in [1.54, 1.807) is 6.07 Å². The summed E-state index contributed by atoms with van der Waals surface area (Å²) in [5.41, 5.74) is 7.61. The zero-order valence-corrected chi connectivity index (χ0v) is 13.8. The Balaban J connectivity index is 2.28. The Bertz CT molecular complexity index is 646. The second-order valence-electron chi connectivity index (χ2n) is 4.01. The van der Waals surface area contributed by atoms with Gasteiger partial charge in [0.1, 0.15) is 5.82 Å². The van der Waals surface area contributed by atoms with Gasteiger partial charge in [0.2, 0.25) is 0 Å². The van der Waals surface area contributed by atoms with Crippen molar-refractivity contribution in [2.45, 2.75) is 6.92 Å². The summed E-state index contributed by atoms with van der Waals surface area (Å²) >= 11 is 5.53. The molecule has 3 N–H and O–H groups in total. The summed E-state index contributed by atoms with van der Waals surface area (Å²) in [6.45, 7) is 1.85. The second-order valence-corrected chi connectivity index (χ2v) is 6.11. The molecule has 0 unspecified atom stereocenters. The first-order valence-electron chi connectivity index (χ1n) is 5.46. The van der Waals surface area contributed by atoms with Crippen molar-refractivity contribution in [3.8, 4) is 0 Å². The zero-order valence-electron chi connectivity index (χ0n) is 10.1. The summed E-state index contributed by atoms with van der Waals surface area (Å²) in [6, 6.07) is 7.35. The topological polar surface area (TPSA) is 68.0 Å². The van der Waals surface area contributed by atoms with Crippen LogP contribution >= 0.6 is 38.5 Å². The molecule has 2 aromatic rings. The van der Waals surface area contributed by atoms with Crippen LogP contribution in [0, 0.1) is 10.5 Å². The molecule has 0 spiro atoms. The number of aromatic nitrogens is 1. The number of nitrogen functional groups attached to an aromatic ring is 1. The molecule has 1 heterocycles. The van der Waals surface area contributed by atoms with Gasteiger partial charge in [0.15, 0.2) is 0 Å². The number of pyridine rings is 1. The smallest absolute Gasteiger partial charge is 0.258 e. The molecule has 1 amide bonds. The second kappa shape index (κ2) is 5.87. The van der Waals surface area contributed by atoms with E-state index < -0.39 is 0 Å². The van der Waals surface area contributed by atoms with Gasteiger partial charge in [-0.1, -0.05) is 0 Å². The molecule has 0 saturated carbocycles. The quantitative estimate of drug-likeness (QED) is 0.714. The molecule has 19 heavy (non-hydrogen) atoms. The number of hydrogen-bond acceptors (Lipinski definition) is 3. The van der Waals surface area contributed by atoms with Crippen LogP contribution in [0.1, 0.15) is 15.9 Å². The SMILES string of the molecule is Cc1cc(N)cnc1NC(=O)c1cc(I)ccc1Br. The lowest BCUT2D eigenvalue weighted by Crippen LogP contribution is -2.15. The van der Waals surface area contributed by atoms with Gasteiger partial charge < -0.3 is 11.1 Å². The molecule has 1 aromatic heterocycles. The molecule has 0 radical (unpaired) electrons. The Labute approximate surface area is 133 Å². The Morgan fingerprint density at radius 1 is 1.42 bits per heavy atom. The van der Waals surface area contributed by atoms with Crippen LogP contribution in [-0.2, 0) is 0 Å². The van der Waals surface area contributed by atoms with Gasteiger partial charge in [0.05, 0.1) is 17.4 Å². The Morgan fingerprint density at radius 3 is 2.84 bits per heavy atom. The van der Waals surface area contributed by atoms with Gasteiger partial charge in [-0.3, -0.25) is 4.79 Å². The summed E-state index contributed by atoms with van der Waals surface area (Å²) in [5.74, 6) is 0.315. The van der Waals surface area contributed by atoms with E-state index >= 15 is 0 Å². The van der Waals surface area contributed by atoms with Gasteiger partial charge in [-0.2, -0.15) is 0 Å². The van der Waals surface area contributed by atoms with Gasteiger partial charge >= 0.3 is 0 Å². The van der Waals surface area contributed by atoms with Crippen molar-refractivity contribution >= 4 is 55.9 Å². The third-order valence-electron chi connectivity index (χ3n) is 2.50. The fraction of sp³-hybridized carbons (Fsp3) is 0.0769. The molecule has 0 saturated heterocycles. The fourth-order valence-electron chi connectivity index (χ4n) is 1.57. The number of carbonyl (C=O) groups is 1. The summed E-state index contributed by atoms with van der Waals surface area (Å²) in [7, 11) is 0. The normalized spacial score (nSPS) is 10.3. The van der Waals surface area contributed by atoms with Gasteiger partial charge in [-0.15, -0.1) is 0 Å². The Kier molecular flexibility index (Phi) is 4.41. The minimum Gasteiger partial charge on any atom is -0.397 e. The van der Waals surface area contributed by atoms with E-state index in [0.717, 1.165) is 13.6 Å². The van der Waals surface area contributed by atoms with Crippen molar-refractivity contribution in [3.05, 3.63) is 49.6 Å². The average molecular weight is 432 g/mol. The lowest BCUT2D eigenvalue weighted by molar-refractivity contribution is 0.102. The average Bonchev–Trinajstić information content (AvgIpc) is 2.35. The van der Waals surface area contributed by atoms with Crippen LogP contribution in [-0.4, -0.2) is 10.9 Å². The molecule has 6 heteroatoms. The number of benzene rings is 1. The van der Waals surface area contributed by atoms with E-state index in [4.69, 9.17) is 5.73 Å². The molecule has 1 aromatic carbocycles. The molecule has 0 atom stereocenters. The van der Waals surface area contributed by atoms with Crippen molar-refractivity contribution in [1.82, 2.24) is 4.98 Å². The highest BCUT2D eigenvalue weighted by atomic mass is 127. The maximum Gasteiger partial charge on any atom is 0.258 e. The Hall–Kier alpha value is -1.15. The number of nitrogens with zero attached hydrogens (tertiary/aromatic N) is 1. The first-order chi connectivity index (χ1) is 8.97. The van der Waals surface area contributed by atoms with E-state index in [0.29, 0.717) is 17.1 Å². The maximum absolute atomic E-state index is 12.2. The highest BCUT2D eigenvalue weighted by Crippen LogP contribution is 2.21. The maximum atomic E-state index is 12.2. The minimum absolute atomic E-state index is 0.203. The minimum atomic E-state index is -0.203. The largest absolute Gasteiger partial charge is 0.397 e. The third kappa shape index (κ3) is 3.44. The number of amides is 1. The van der Waals surface area contributed by atoms with Gasteiger partial charge in [-0.25, -0.2) is 4.98 Å². The summed E-state index contributed by atoms with van der Waals surface area (Å²) in [5, 5.41) is 2.78. The van der Waals surface area contributed by atoms with Crippen molar-refractivity contribution in [1.29, 1.82) is 0 Å². The van der Waals surface area contributed by atoms with E-state index in [9.17, 15) is 4.79 Å². The molecular weight excluding hydrogens is 421 g/mol. The van der Waals surface area contributed by atoms with Crippen LogP contribution in [0.25, 0.3) is 0 Å². The zero-order chi connectivity index (χ0) is 14.0. The monoisotopic (exact) mass is 431 g/mol. The summed E-state index contributed by atoms with van der Waals surface area (Å²) < 4.78 is 1.74. The van der Waals surface area contributed by atoms with Crippen LogP contribution in [0.15, 0.2) is 34.9 Å². The predicted octanol–water partition coefficient (Wildman–Crippen LogP) is 3.59. The molecule has 0 aliphatic heterocycles. The molecule has 2 rings (SSSR count). The van der Waals surface area contributed by atoms with Crippen LogP contribution < -0.4 is 11.1 Å². The Morgan fingerprint density at radius 2 is 2.16 bits per heavy atom. The molecular formula is C13H11BrIN3O. The van der Waals surface area contributed by atoms with Gasteiger partial charge in [0.25, 0.3) is 5.91 Å². The summed E-state index contributed by atoms with van der Waals surface area (Å²) in [6.07, 6.45) is 1.52. The number of nitrogens with two attached hydrogens (primary N) is 1. The number of aryl methyl sites for hydroxylation is 1. The van der Waals surface area contributed by atoms with Crippen molar-refractivity contribution in [2.75, 3.05) is 11.1 Å². The molecule has 0 bridgehead atoms. The van der Waals surface area contributed by atoms with Gasteiger partial charge in [-0.05, 0) is 75.3 Å². The van der Waals surface area contributed by atoms with Crippen molar-refractivity contribution in [2.24, 2.45) is 0 Å². The number of rotatable bonds is 2. The highest BCUT2D eigenvalue weighted by molar-refractivity contribution is 14.1. The number of hydrogen-bond donors (Lipinski definition) is 2. The van der Waals surface area contributed by atoms with Crippen molar-refractivity contribution in [3.63, 3.8) is 0 Å². The fourth-order valence-corrected chi connectivity index (χ4v) is 2.49. The lowest BCUT2D eigenvalue weighted by atomic mass is 10.2. The number of halogens is 2. The molecule has 98 valence electrons. The number of carbonyl (C=O) groups excluding carboxylic acids is 1. The summed E-state index contributed by atoms with van der Waals surface area (Å²) in [4.78, 5) is 16.3.